The second-order valence-electron chi connectivity index (χ2n) is 5.43. The maximum atomic E-state index is 12.0. The number of aromatic nitrogens is 1. The van der Waals surface area contributed by atoms with Crippen molar-refractivity contribution in [3.8, 4) is 0 Å². The van der Waals surface area contributed by atoms with Gasteiger partial charge in [-0.15, -0.1) is 0 Å². The van der Waals surface area contributed by atoms with Crippen LogP contribution in [0, 0.1) is 0 Å². The number of pyridine rings is 1. The smallest absolute Gasteiger partial charge is 0.239 e. The first-order chi connectivity index (χ1) is 10.0. The van der Waals surface area contributed by atoms with E-state index in [2.05, 4.69) is 10.3 Å². The Hall–Kier alpha value is -2.14. The lowest BCUT2D eigenvalue weighted by molar-refractivity contribution is -0.120. The number of benzene rings is 1. The van der Waals surface area contributed by atoms with Crippen molar-refractivity contribution >= 4 is 22.5 Å². The Kier molecular flexibility index (Phi) is 4.75. The fourth-order valence-corrected chi connectivity index (χ4v) is 2.43. The Morgan fingerprint density at radius 1 is 1.38 bits per heavy atom. The average Bonchev–Trinajstić information content (AvgIpc) is 2.44. The molecule has 0 unspecified atom stereocenters. The van der Waals surface area contributed by atoms with E-state index in [1.807, 2.05) is 50.1 Å². The lowest BCUT2D eigenvalue weighted by Gasteiger charge is -2.23. The molecule has 0 bridgehead atoms. The summed E-state index contributed by atoms with van der Waals surface area (Å²) in [5.41, 5.74) is 8.64. The molecule has 21 heavy (non-hydrogen) atoms. The van der Waals surface area contributed by atoms with Crippen LogP contribution in [-0.2, 0) is 11.3 Å². The molecule has 0 aliphatic carbocycles. The third-order valence-corrected chi connectivity index (χ3v) is 3.25. The Morgan fingerprint density at radius 2 is 2.10 bits per heavy atom. The summed E-state index contributed by atoms with van der Waals surface area (Å²) < 4.78 is 0. The minimum Gasteiger partial charge on any atom is -0.364 e. The van der Waals surface area contributed by atoms with Gasteiger partial charge in [0.1, 0.15) is 0 Å². The molecular weight excluding hydrogens is 264 g/mol. The number of para-hydroxylation sites is 1. The standard InChI is InChI=1S/C16H22N4O/c1-11(2)19-15(21)10-20(3)16-12(8-17)9-18-14-7-5-4-6-13(14)16/h4-7,9,11H,8,10,17H2,1-3H3,(H,19,21). The van der Waals surface area contributed by atoms with Gasteiger partial charge in [0.2, 0.25) is 5.91 Å². The number of fused-ring (bicyclic) bond motifs is 1. The average molecular weight is 286 g/mol. The van der Waals surface area contributed by atoms with Crippen molar-refractivity contribution in [2.75, 3.05) is 18.5 Å². The number of nitrogens with zero attached hydrogens (tertiary/aromatic N) is 2. The highest BCUT2D eigenvalue weighted by Crippen LogP contribution is 2.28. The minimum atomic E-state index is -0.00337. The fraction of sp³-hybridized carbons (Fsp3) is 0.375. The van der Waals surface area contributed by atoms with Crippen LogP contribution in [0.5, 0.6) is 0 Å². The number of nitrogens with one attached hydrogen (secondary N) is 1. The summed E-state index contributed by atoms with van der Waals surface area (Å²) in [7, 11) is 1.90. The van der Waals surface area contributed by atoms with Gasteiger partial charge in [0, 0.05) is 36.8 Å². The molecule has 3 N–H and O–H groups in total. The van der Waals surface area contributed by atoms with Gasteiger partial charge in [-0.3, -0.25) is 9.78 Å². The van der Waals surface area contributed by atoms with Crippen molar-refractivity contribution in [1.82, 2.24) is 10.3 Å². The molecule has 2 rings (SSSR count). The molecule has 0 atom stereocenters. The van der Waals surface area contributed by atoms with Gasteiger partial charge in [-0.2, -0.15) is 0 Å². The fourth-order valence-electron chi connectivity index (χ4n) is 2.43. The van der Waals surface area contributed by atoms with Gasteiger partial charge in [0.25, 0.3) is 0 Å². The molecule has 1 amide bonds. The number of amides is 1. The van der Waals surface area contributed by atoms with Crippen LogP contribution in [0.4, 0.5) is 5.69 Å². The first kappa shape index (κ1) is 15.3. The number of nitrogens with two attached hydrogens (primary N) is 1. The highest BCUT2D eigenvalue weighted by atomic mass is 16.2. The number of hydrogen-bond acceptors (Lipinski definition) is 4. The molecule has 0 spiro atoms. The number of likely N-dealkylation sites (N-methyl/N-ethyl adjacent to an activating group) is 1. The van der Waals surface area contributed by atoms with E-state index in [1.165, 1.54) is 0 Å². The van der Waals surface area contributed by atoms with E-state index in [1.54, 1.807) is 6.20 Å². The number of hydrogen-bond donors (Lipinski definition) is 2. The highest BCUT2D eigenvalue weighted by molar-refractivity contribution is 5.95. The van der Waals surface area contributed by atoms with E-state index in [-0.39, 0.29) is 11.9 Å². The van der Waals surface area contributed by atoms with Gasteiger partial charge in [-0.05, 0) is 19.9 Å². The molecule has 5 nitrogen and oxygen atoms in total. The predicted molar refractivity (Wildman–Crippen MR) is 86.2 cm³/mol. The van der Waals surface area contributed by atoms with Crippen LogP contribution in [0.1, 0.15) is 19.4 Å². The summed E-state index contributed by atoms with van der Waals surface area (Å²) in [5.74, 6) is -0.00337. The maximum absolute atomic E-state index is 12.0. The van der Waals surface area contributed by atoms with E-state index in [0.29, 0.717) is 13.1 Å². The summed E-state index contributed by atoms with van der Waals surface area (Å²) in [6.07, 6.45) is 1.79. The SMILES string of the molecule is CC(C)NC(=O)CN(C)c1c(CN)cnc2ccccc12. The van der Waals surface area contributed by atoms with Gasteiger partial charge < -0.3 is 16.0 Å². The molecule has 0 aliphatic heterocycles. The molecule has 112 valence electrons. The highest BCUT2D eigenvalue weighted by Gasteiger charge is 2.15. The van der Waals surface area contributed by atoms with E-state index in [0.717, 1.165) is 22.2 Å². The van der Waals surface area contributed by atoms with Crippen molar-refractivity contribution in [2.45, 2.75) is 26.4 Å². The van der Waals surface area contributed by atoms with Crippen molar-refractivity contribution in [3.05, 3.63) is 36.0 Å². The van der Waals surface area contributed by atoms with Crippen LogP contribution in [0.25, 0.3) is 10.9 Å². The zero-order valence-electron chi connectivity index (χ0n) is 12.8. The van der Waals surface area contributed by atoms with Crippen molar-refractivity contribution in [1.29, 1.82) is 0 Å². The molecule has 1 aromatic heterocycles. The lowest BCUT2D eigenvalue weighted by atomic mass is 10.1. The van der Waals surface area contributed by atoms with Crippen LogP contribution in [-0.4, -0.2) is 30.5 Å². The van der Waals surface area contributed by atoms with Crippen LogP contribution >= 0.6 is 0 Å². The number of anilines is 1. The maximum Gasteiger partial charge on any atom is 0.239 e. The van der Waals surface area contributed by atoms with Crippen molar-refractivity contribution in [2.24, 2.45) is 5.73 Å². The molecule has 0 saturated carbocycles. The normalized spacial score (nSPS) is 10.9. The zero-order valence-corrected chi connectivity index (χ0v) is 12.8. The molecule has 1 heterocycles. The van der Waals surface area contributed by atoms with E-state index in [9.17, 15) is 4.79 Å². The van der Waals surface area contributed by atoms with Crippen LogP contribution in [0.2, 0.25) is 0 Å². The van der Waals surface area contributed by atoms with E-state index < -0.39 is 0 Å². The van der Waals surface area contributed by atoms with Crippen molar-refractivity contribution in [3.63, 3.8) is 0 Å². The Labute approximate surface area is 125 Å². The van der Waals surface area contributed by atoms with Crippen LogP contribution in [0.15, 0.2) is 30.5 Å². The first-order valence-corrected chi connectivity index (χ1v) is 7.10. The molecule has 0 radical (unpaired) electrons. The van der Waals surface area contributed by atoms with Crippen LogP contribution in [0.3, 0.4) is 0 Å². The van der Waals surface area contributed by atoms with Gasteiger partial charge in [-0.1, -0.05) is 18.2 Å². The third-order valence-electron chi connectivity index (χ3n) is 3.25. The Morgan fingerprint density at radius 3 is 2.76 bits per heavy atom. The van der Waals surface area contributed by atoms with E-state index in [4.69, 9.17) is 5.73 Å². The quantitative estimate of drug-likeness (QED) is 0.877. The largest absolute Gasteiger partial charge is 0.364 e. The van der Waals surface area contributed by atoms with Crippen molar-refractivity contribution < 1.29 is 4.79 Å². The molecule has 1 aromatic carbocycles. The van der Waals surface area contributed by atoms with Gasteiger partial charge >= 0.3 is 0 Å². The van der Waals surface area contributed by atoms with Gasteiger partial charge in [0.15, 0.2) is 0 Å². The summed E-state index contributed by atoms with van der Waals surface area (Å²) in [4.78, 5) is 18.3. The monoisotopic (exact) mass is 286 g/mol. The molecule has 0 aliphatic rings. The zero-order chi connectivity index (χ0) is 15.4. The Bertz CT molecular complexity index is 639. The van der Waals surface area contributed by atoms with Gasteiger partial charge in [0.05, 0.1) is 17.7 Å². The molecular formula is C16H22N4O. The summed E-state index contributed by atoms with van der Waals surface area (Å²) in [5, 5.41) is 3.92. The molecule has 0 fully saturated rings. The lowest BCUT2D eigenvalue weighted by Crippen LogP contribution is -2.39. The summed E-state index contributed by atoms with van der Waals surface area (Å²) in [6.45, 7) is 4.58. The second kappa shape index (κ2) is 6.54. The number of rotatable bonds is 5. The Balaban J connectivity index is 2.37. The molecule has 5 heteroatoms. The molecule has 0 saturated heterocycles. The van der Waals surface area contributed by atoms with E-state index >= 15 is 0 Å². The summed E-state index contributed by atoms with van der Waals surface area (Å²) in [6, 6.07) is 8.02. The number of carbonyl (C=O) groups excluding carboxylic acids is 1. The van der Waals surface area contributed by atoms with Gasteiger partial charge in [-0.25, -0.2) is 0 Å². The second-order valence-corrected chi connectivity index (χ2v) is 5.43. The molecule has 2 aromatic rings. The number of carbonyl (C=O) groups is 1. The predicted octanol–water partition coefficient (Wildman–Crippen LogP) is 1.65. The third kappa shape index (κ3) is 3.49. The minimum absolute atomic E-state index is 0.00337. The first-order valence-electron chi connectivity index (χ1n) is 7.10. The van der Waals surface area contributed by atoms with Crippen LogP contribution < -0.4 is 16.0 Å². The topological polar surface area (TPSA) is 71.2 Å². The summed E-state index contributed by atoms with van der Waals surface area (Å²) >= 11 is 0.